The number of likely N-dealkylation sites (N-methyl/N-ethyl adjacent to an activating group) is 1. The molecule has 0 bridgehead atoms. The van der Waals surface area contributed by atoms with Crippen LogP contribution >= 0.6 is 40.7 Å². The topological polar surface area (TPSA) is 65.5 Å². The quantitative estimate of drug-likeness (QED) is 0.630. The van der Waals surface area contributed by atoms with Gasteiger partial charge in [0.05, 0.1) is 12.1 Å². The Morgan fingerprint density at radius 1 is 1.12 bits per heavy atom. The molecule has 0 aliphatic heterocycles. The molecule has 132 valence electrons. The van der Waals surface area contributed by atoms with E-state index in [1.54, 1.807) is 0 Å². The average Bonchev–Trinajstić information content (AvgIpc) is 2.84. The lowest BCUT2D eigenvalue weighted by molar-refractivity contribution is 0.377. The largest absolute Gasteiger partial charge is 0.412 e. The van der Waals surface area contributed by atoms with E-state index >= 15 is 0 Å². The summed E-state index contributed by atoms with van der Waals surface area (Å²) in [6.45, 7) is 1.81. The summed E-state index contributed by atoms with van der Waals surface area (Å²) >= 11 is 3.61. The molecular formula is C16H21BrCl2N4O. The fourth-order valence-corrected chi connectivity index (χ4v) is 2.81. The molecule has 0 spiro atoms. The summed E-state index contributed by atoms with van der Waals surface area (Å²) in [5.74, 6) is 0. The van der Waals surface area contributed by atoms with Gasteiger partial charge in [0.25, 0.3) is 0 Å². The minimum Gasteiger partial charge on any atom is -0.412 e. The highest BCUT2D eigenvalue weighted by Gasteiger charge is 2.14. The summed E-state index contributed by atoms with van der Waals surface area (Å²) in [6, 6.07) is 10.2. The summed E-state index contributed by atoms with van der Waals surface area (Å²) < 4.78 is 3.11. The van der Waals surface area contributed by atoms with Crippen LogP contribution in [0.25, 0.3) is 22.2 Å². The third kappa shape index (κ3) is 4.68. The molecule has 2 heterocycles. The summed E-state index contributed by atoms with van der Waals surface area (Å²) in [5, 5.41) is 5.90. The molecule has 8 heteroatoms. The molecule has 0 amide bonds. The first-order valence-electron chi connectivity index (χ1n) is 6.87. The van der Waals surface area contributed by atoms with E-state index in [9.17, 15) is 0 Å². The van der Waals surface area contributed by atoms with Gasteiger partial charge in [-0.1, -0.05) is 34.1 Å². The molecule has 3 rings (SSSR count). The molecular weight excluding hydrogens is 415 g/mol. The average molecular weight is 436 g/mol. The lowest BCUT2D eigenvalue weighted by atomic mass is 10.1. The van der Waals surface area contributed by atoms with E-state index < -0.39 is 0 Å². The maximum Gasteiger partial charge on any atom is 0.103 e. The van der Waals surface area contributed by atoms with Gasteiger partial charge in [0, 0.05) is 34.4 Å². The van der Waals surface area contributed by atoms with Crippen molar-refractivity contribution in [2.24, 2.45) is 0 Å². The van der Waals surface area contributed by atoms with Crippen LogP contribution in [-0.2, 0) is 6.54 Å². The first kappa shape index (κ1) is 22.8. The highest BCUT2D eigenvalue weighted by molar-refractivity contribution is 9.10. The van der Waals surface area contributed by atoms with Crippen LogP contribution in [0.3, 0.4) is 0 Å². The van der Waals surface area contributed by atoms with E-state index in [0.29, 0.717) is 0 Å². The minimum atomic E-state index is 0. The number of nitrogens with zero attached hydrogens (tertiary/aromatic N) is 4. The van der Waals surface area contributed by atoms with Crippen molar-refractivity contribution in [1.29, 1.82) is 0 Å². The van der Waals surface area contributed by atoms with Crippen LogP contribution in [0.1, 0.15) is 0 Å². The van der Waals surface area contributed by atoms with Crippen LogP contribution in [0.4, 0.5) is 0 Å². The van der Waals surface area contributed by atoms with Crippen LogP contribution < -0.4 is 0 Å². The van der Waals surface area contributed by atoms with Crippen molar-refractivity contribution < 1.29 is 5.48 Å². The predicted octanol–water partition coefficient (Wildman–Crippen LogP) is 3.44. The second kappa shape index (κ2) is 9.96. The highest BCUT2D eigenvalue weighted by Crippen LogP contribution is 2.32. The third-order valence-corrected chi connectivity index (χ3v) is 4.13. The molecule has 0 fully saturated rings. The van der Waals surface area contributed by atoms with E-state index in [-0.39, 0.29) is 30.3 Å². The van der Waals surface area contributed by atoms with Gasteiger partial charge in [-0.3, -0.25) is 9.67 Å². The van der Waals surface area contributed by atoms with Crippen molar-refractivity contribution in [3.63, 3.8) is 0 Å². The van der Waals surface area contributed by atoms with Gasteiger partial charge in [-0.05, 0) is 26.2 Å². The molecule has 3 aromatic rings. The van der Waals surface area contributed by atoms with Gasteiger partial charge in [0.1, 0.15) is 5.69 Å². The summed E-state index contributed by atoms with van der Waals surface area (Å²) in [7, 11) is 4.14. The number of rotatable bonds is 4. The molecule has 0 saturated carbocycles. The normalized spacial score (nSPS) is 10.0. The second-order valence-electron chi connectivity index (χ2n) is 5.25. The lowest BCUT2D eigenvalue weighted by Crippen LogP contribution is -2.18. The monoisotopic (exact) mass is 434 g/mol. The second-order valence-corrected chi connectivity index (χ2v) is 6.10. The SMILES string of the molecule is CN(C)CCn1nc(-c2ccccc2Br)c2cnccc21.Cl.Cl.O. The number of aromatic nitrogens is 3. The van der Waals surface area contributed by atoms with Crippen LogP contribution in [-0.4, -0.2) is 45.8 Å². The Labute approximate surface area is 162 Å². The minimum absolute atomic E-state index is 0. The number of hydrogen-bond donors (Lipinski definition) is 0. The Balaban J connectivity index is 0.00000176. The molecule has 1 aromatic carbocycles. The zero-order valence-electron chi connectivity index (χ0n) is 13.4. The van der Waals surface area contributed by atoms with Crippen molar-refractivity contribution in [2.75, 3.05) is 20.6 Å². The first-order chi connectivity index (χ1) is 10.2. The molecule has 0 radical (unpaired) electrons. The Kier molecular flexibility index (Phi) is 9.47. The number of fused-ring (bicyclic) bond motifs is 1. The Morgan fingerprint density at radius 3 is 2.50 bits per heavy atom. The maximum absolute atomic E-state index is 4.81. The van der Waals surface area contributed by atoms with Crippen LogP contribution in [0.15, 0.2) is 47.2 Å². The number of benzene rings is 1. The molecule has 0 unspecified atom stereocenters. The molecule has 2 N–H and O–H groups in total. The molecule has 2 aromatic heterocycles. The molecule has 0 aliphatic carbocycles. The van der Waals surface area contributed by atoms with Crippen molar-refractivity contribution in [3.05, 3.63) is 47.2 Å². The molecule has 0 aliphatic rings. The standard InChI is InChI=1S/C16H17BrN4.2ClH.H2O/c1-20(2)9-10-21-15-7-8-18-11-13(15)16(19-21)12-5-3-4-6-14(12)17;;;/h3-8,11H,9-10H2,1-2H3;2*1H;1H2. The highest BCUT2D eigenvalue weighted by atomic mass is 79.9. The smallest absolute Gasteiger partial charge is 0.103 e. The third-order valence-electron chi connectivity index (χ3n) is 3.44. The van der Waals surface area contributed by atoms with Gasteiger partial charge >= 0.3 is 0 Å². The molecule has 0 saturated heterocycles. The van der Waals surface area contributed by atoms with E-state index in [0.717, 1.165) is 39.7 Å². The predicted molar refractivity (Wildman–Crippen MR) is 107 cm³/mol. The fraction of sp³-hybridized carbons (Fsp3) is 0.250. The van der Waals surface area contributed by atoms with E-state index in [2.05, 4.69) is 50.7 Å². The summed E-state index contributed by atoms with van der Waals surface area (Å²) in [6.07, 6.45) is 3.71. The lowest BCUT2D eigenvalue weighted by Gasteiger charge is -2.09. The zero-order chi connectivity index (χ0) is 14.8. The Hall–Kier alpha value is -1.18. The van der Waals surface area contributed by atoms with Crippen molar-refractivity contribution in [3.8, 4) is 11.3 Å². The summed E-state index contributed by atoms with van der Waals surface area (Å²) in [4.78, 5) is 6.42. The van der Waals surface area contributed by atoms with Crippen molar-refractivity contribution in [1.82, 2.24) is 19.7 Å². The molecule has 24 heavy (non-hydrogen) atoms. The Bertz CT molecular complexity index is 780. The van der Waals surface area contributed by atoms with Crippen LogP contribution in [0, 0.1) is 0 Å². The van der Waals surface area contributed by atoms with E-state index in [1.165, 1.54) is 0 Å². The van der Waals surface area contributed by atoms with Gasteiger partial charge in [-0.2, -0.15) is 5.10 Å². The van der Waals surface area contributed by atoms with Crippen LogP contribution in [0.2, 0.25) is 0 Å². The Morgan fingerprint density at radius 2 is 1.83 bits per heavy atom. The maximum atomic E-state index is 4.81. The number of pyridine rings is 1. The first-order valence-corrected chi connectivity index (χ1v) is 7.66. The van der Waals surface area contributed by atoms with Crippen LogP contribution in [0.5, 0.6) is 0 Å². The van der Waals surface area contributed by atoms with Gasteiger partial charge in [0.15, 0.2) is 0 Å². The fourth-order valence-electron chi connectivity index (χ4n) is 2.34. The zero-order valence-corrected chi connectivity index (χ0v) is 16.7. The van der Waals surface area contributed by atoms with Crippen molar-refractivity contribution >= 4 is 51.6 Å². The molecule has 0 atom stereocenters. The van der Waals surface area contributed by atoms with Gasteiger partial charge in [-0.15, -0.1) is 24.8 Å². The van der Waals surface area contributed by atoms with E-state index in [4.69, 9.17) is 5.10 Å². The summed E-state index contributed by atoms with van der Waals surface area (Å²) in [5.41, 5.74) is 3.20. The van der Waals surface area contributed by atoms with Crippen molar-refractivity contribution in [2.45, 2.75) is 6.54 Å². The van der Waals surface area contributed by atoms with Gasteiger partial charge < -0.3 is 10.4 Å². The number of halogens is 3. The molecule has 5 nitrogen and oxygen atoms in total. The van der Waals surface area contributed by atoms with E-state index in [1.807, 2.05) is 36.7 Å². The van der Waals surface area contributed by atoms with Gasteiger partial charge in [-0.25, -0.2) is 0 Å². The number of hydrogen-bond acceptors (Lipinski definition) is 3. The van der Waals surface area contributed by atoms with Gasteiger partial charge in [0.2, 0.25) is 0 Å².